The monoisotopic (exact) mass is 411 g/mol. The number of benzene rings is 1. The SMILES string of the molecule is CCNC(=NCc1ccnc(N2CCOC(C)C2)c1)NCC(CO)c1ccccc1. The normalized spacial score (nSPS) is 18.2. The summed E-state index contributed by atoms with van der Waals surface area (Å²) in [5.74, 6) is 1.73. The Bertz CT molecular complexity index is 799. The van der Waals surface area contributed by atoms with Gasteiger partial charge in [-0.3, -0.25) is 0 Å². The average Bonchev–Trinajstić information content (AvgIpc) is 2.78. The second-order valence-corrected chi connectivity index (χ2v) is 7.52. The van der Waals surface area contributed by atoms with Gasteiger partial charge >= 0.3 is 0 Å². The molecule has 3 rings (SSSR count). The Morgan fingerprint density at radius 1 is 1.30 bits per heavy atom. The van der Waals surface area contributed by atoms with Crippen LogP contribution in [0.2, 0.25) is 0 Å². The minimum Gasteiger partial charge on any atom is -0.396 e. The Balaban J connectivity index is 1.62. The number of pyridine rings is 1. The van der Waals surface area contributed by atoms with Crippen molar-refractivity contribution in [3.63, 3.8) is 0 Å². The molecular weight excluding hydrogens is 378 g/mol. The molecule has 0 bridgehead atoms. The molecule has 2 atom stereocenters. The lowest BCUT2D eigenvalue weighted by molar-refractivity contribution is 0.0529. The lowest BCUT2D eigenvalue weighted by Crippen LogP contribution is -2.41. The third-order valence-electron chi connectivity index (χ3n) is 5.15. The highest BCUT2D eigenvalue weighted by Crippen LogP contribution is 2.17. The molecule has 2 heterocycles. The van der Waals surface area contributed by atoms with Crippen molar-refractivity contribution in [3.8, 4) is 0 Å². The molecule has 1 aliphatic rings. The molecule has 0 aliphatic carbocycles. The molecule has 162 valence electrons. The van der Waals surface area contributed by atoms with Gasteiger partial charge in [-0.25, -0.2) is 9.98 Å². The molecule has 0 amide bonds. The Morgan fingerprint density at radius 3 is 2.87 bits per heavy atom. The van der Waals surface area contributed by atoms with E-state index in [0.717, 1.165) is 49.1 Å². The fourth-order valence-corrected chi connectivity index (χ4v) is 3.50. The number of nitrogens with zero attached hydrogens (tertiary/aromatic N) is 3. The van der Waals surface area contributed by atoms with Gasteiger partial charge in [0.05, 0.1) is 25.9 Å². The molecular formula is C23H33N5O2. The predicted molar refractivity (Wildman–Crippen MR) is 121 cm³/mol. The smallest absolute Gasteiger partial charge is 0.191 e. The van der Waals surface area contributed by atoms with Gasteiger partial charge in [0, 0.05) is 38.3 Å². The van der Waals surface area contributed by atoms with Crippen LogP contribution in [0.1, 0.15) is 30.9 Å². The first kappa shape index (κ1) is 22.1. The van der Waals surface area contributed by atoms with Crippen molar-refractivity contribution in [2.45, 2.75) is 32.4 Å². The third kappa shape index (κ3) is 6.43. The molecule has 0 spiro atoms. The number of ether oxygens (including phenoxy) is 1. The molecule has 2 unspecified atom stereocenters. The predicted octanol–water partition coefficient (Wildman–Crippen LogP) is 2.14. The number of aliphatic hydroxyl groups is 1. The molecule has 0 radical (unpaired) electrons. The van der Waals surface area contributed by atoms with E-state index >= 15 is 0 Å². The Hall–Kier alpha value is -2.64. The van der Waals surface area contributed by atoms with Crippen molar-refractivity contribution in [3.05, 3.63) is 59.8 Å². The van der Waals surface area contributed by atoms with Crippen LogP contribution in [0.25, 0.3) is 0 Å². The van der Waals surface area contributed by atoms with E-state index in [1.54, 1.807) is 0 Å². The summed E-state index contributed by atoms with van der Waals surface area (Å²) in [7, 11) is 0. The molecule has 7 nitrogen and oxygen atoms in total. The number of hydrogen-bond acceptors (Lipinski definition) is 5. The lowest BCUT2D eigenvalue weighted by Gasteiger charge is -2.32. The molecule has 1 aromatic heterocycles. The maximum atomic E-state index is 9.78. The van der Waals surface area contributed by atoms with E-state index in [1.807, 2.05) is 49.5 Å². The zero-order chi connectivity index (χ0) is 21.2. The average molecular weight is 412 g/mol. The van der Waals surface area contributed by atoms with E-state index in [4.69, 9.17) is 9.73 Å². The molecule has 7 heteroatoms. The highest BCUT2D eigenvalue weighted by atomic mass is 16.5. The lowest BCUT2D eigenvalue weighted by atomic mass is 10.0. The van der Waals surface area contributed by atoms with Crippen molar-refractivity contribution in [1.82, 2.24) is 15.6 Å². The number of aliphatic hydroxyl groups excluding tert-OH is 1. The first-order valence-corrected chi connectivity index (χ1v) is 10.7. The van der Waals surface area contributed by atoms with E-state index in [2.05, 4.69) is 33.5 Å². The number of rotatable bonds is 8. The summed E-state index contributed by atoms with van der Waals surface area (Å²) < 4.78 is 5.63. The quantitative estimate of drug-likeness (QED) is 0.456. The summed E-state index contributed by atoms with van der Waals surface area (Å²) in [5.41, 5.74) is 2.22. The van der Waals surface area contributed by atoms with Crippen LogP contribution in [0.5, 0.6) is 0 Å². The molecule has 2 aromatic rings. The van der Waals surface area contributed by atoms with E-state index in [0.29, 0.717) is 13.1 Å². The summed E-state index contributed by atoms with van der Waals surface area (Å²) in [6, 6.07) is 14.2. The van der Waals surface area contributed by atoms with Gasteiger partial charge in [0.2, 0.25) is 0 Å². The largest absolute Gasteiger partial charge is 0.396 e. The Morgan fingerprint density at radius 2 is 2.13 bits per heavy atom. The minimum atomic E-state index is 0.0193. The van der Waals surface area contributed by atoms with Crippen molar-refractivity contribution in [2.24, 2.45) is 4.99 Å². The third-order valence-corrected chi connectivity index (χ3v) is 5.15. The van der Waals surface area contributed by atoms with Crippen molar-refractivity contribution >= 4 is 11.8 Å². The number of nitrogens with one attached hydrogen (secondary N) is 2. The molecule has 1 fully saturated rings. The number of hydrogen-bond donors (Lipinski definition) is 3. The Kier molecular flexibility index (Phi) is 8.47. The van der Waals surface area contributed by atoms with E-state index < -0.39 is 0 Å². The minimum absolute atomic E-state index is 0.0193. The van der Waals surface area contributed by atoms with Gasteiger partial charge in [-0.2, -0.15) is 0 Å². The number of guanidine groups is 1. The number of aromatic nitrogens is 1. The first-order chi connectivity index (χ1) is 14.7. The summed E-state index contributed by atoms with van der Waals surface area (Å²) >= 11 is 0. The van der Waals surface area contributed by atoms with Crippen LogP contribution in [-0.4, -0.2) is 61.5 Å². The van der Waals surface area contributed by atoms with Crippen LogP contribution in [-0.2, 0) is 11.3 Å². The Labute approximate surface area is 179 Å². The van der Waals surface area contributed by atoms with Crippen LogP contribution in [0, 0.1) is 0 Å². The highest BCUT2D eigenvalue weighted by Gasteiger charge is 2.18. The van der Waals surface area contributed by atoms with Gasteiger partial charge in [-0.15, -0.1) is 0 Å². The molecule has 0 saturated carbocycles. The summed E-state index contributed by atoms with van der Waals surface area (Å²) in [5, 5.41) is 16.4. The van der Waals surface area contributed by atoms with E-state index in [9.17, 15) is 5.11 Å². The zero-order valence-corrected chi connectivity index (χ0v) is 17.9. The fourth-order valence-electron chi connectivity index (χ4n) is 3.50. The molecule has 1 aliphatic heterocycles. The standard InChI is InChI=1S/C23H33N5O2/c1-3-24-23(27-15-21(17-29)20-7-5-4-6-8-20)26-14-19-9-10-25-22(13-19)28-11-12-30-18(2)16-28/h4-10,13,18,21,29H,3,11-12,14-17H2,1-2H3,(H2,24,26,27). The van der Waals surface area contributed by atoms with Gasteiger partial charge in [-0.05, 0) is 37.1 Å². The highest BCUT2D eigenvalue weighted by molar-refractivity contribution is 5.79. The van der Waals surface area contributed by atoms with Crippen LogP contribution in [0.15, 0.2) is 53.7 Å². The zero-order valence-electron chi connectivity index (χ0n) is 17.9. The second kappa shape index (κ2) is 11.5. The molecule has 30 heavy (non-hydrogen) atoms. The summed E-state index contributed by atoms with van der Waals surface area (Å²) in [6.07, 6.45) is 2.06. The van der Waals surface area contributed by atoms with Gasteiger partial charge in [0.1, 0.15) is 5.82 Å². The van der Waals surface area contributed by atoms with Gasteiger partial charge in [0.25, 0.3) is 0 Å². The number of morpholine rings is 1. The van der Waals surface area contributed by atoms with Crippen LogP contribution < -0.4 is 15.5 Å². The topological polar surface area (TPSA) is 82.0 Å². The van der Waals surface area contributed by atoms with Gasteiger partial charge < -0.3 is 25.4 Å². The summed E-state index contributed by atoms with van der Waals surface area (Å²) in [6.45, 7) is 8.59. The maximum Gasteiger partial charge on any atom is 0.191 e. The first-order valence-electron chi connectivity index (χ1n) is 10.7. The van der Waals surface area contributed by atoms with Crippen LogP contribution in [0.3, 0.4) is 0 Å². The molecule has 3 N–H and O–H groups in total. The van der Waals surface area contributed by atoms with Crippen molar-refractivity contribution < 1.29 is 9.84 Å². The van der Waals surface area contributed by atoms with E-state index in [-0.39, 0.29) is 18.6 Å². The fraction of sp³-hybridized carbons (Fsp3) is 0.478. The molecule has 1 saturated heterocycles. The van der Waals surface area contributed by atoms with E-state index in [1.165, 1.54) is 0 Å². The maximum absolute atomic E-state index is 9.78. The van der Waals surface area contributed by atoms with Crippen molar-refractivity contribution in [2.75, 3.05) is 44.3 Å². The van der Waals surface area contributed by atoms with Crippen molar-refractivity contribution in [1.29, 1.82) is 0 Å². The number of aliphatic imine (C=N–C) groups is 1. The number of anilines is 1. The summed E-state index contributed by atoms with van der Waals surface area (Å²) in [4.78, 5) is 11.5. The van der Waals surface area contributed by atoms with Crippen LogP contribution >= 0.6 is 0 Å². The molecule has 1 aromatic carbocycles. The van der Waals surface area contributed by atoms with Gasteiger partial charge in [-0.1, -0.05) is 30.3 Å². The second-order valence-electron chi connectivity index (χ2n) is 7.52. The van der Waals surface area contributed by atoms with Crippen LogP contribution in [0.4, 0.5) is 5.82 Å². The van der Waals surface area contributed by atoms with Gasteiger partial charge in [0.15, 0.2) is 5.96 Å².